The summed E-state index contributed by atoms with van der Waals surface area (Å²) in [7, 11) is 0. The van der Waals surface area contributed by atoms with Crippen molar-refractivity contribution in [1.82, 2.24) is 0 Å². The lowest BCUT2D eigenvalue weighted by molar-refractivity contribution is 0.259. The van der Waals surface area contributed by atoms with Crippen LogP contribution in [-0.4, -0.2) is 12.2 Å². The van der Waals surface area contributed by atoms with E-state index < -0.39 is 0 Å². The van der Waals surface area contributed by atoms with E-state index in [1.54, 1.807) is 6.21 Å². The van der Waals surface area contributed by atoms with Crippen molar-refractivity contribution in [2.75, 3.05) is 5.32 Å². The summed E-state index contributed by atoms with van der Waals surface area (Å²) >= 11 is 0. The average Bonchev–Trinajstić information content (AvgIpc) is 2.26. The third kappa shape index (κ3) is 4.96. The van der Waals surface area contributed by atoms with Crippen LogP contribution < -0.4 is 5.32 Å². The van der Waals surface area contributed by atoms with Crippen LogP contribution in [0.4, 0.5) is 10.5 Å². The van der Waals surface area contributed by atoms with E-state index >= 15 is 0 Å². The van der Waals surface area contributed by atoms with Crippen molar-refractivity contribution in [3.05, 3.63) is 30.3 Å². The summed E-state index contributed by atoms with van der Waals surface area (Å²) in [6.45, 7) is 2.11. The van der Waals surface area contributed by atoms with Crippen molar-refractivity contribution in [2.45, 2.75) is 26.2 Å². The Kier molecular flexibility index (Phi) is 5.15. The summed E-state index contributed by atoms with van der Waals surface area (Å²) < 4.78 is 0. The summed E-state index contributed by atoms with van der Waals surface area (Å²) in [6, 6.07) is 9.00. The second-order valence-electron chi connectivity index (χ2n) is 3.25. The van der Waals surface area contributed by atoms with Gasteiger partial charge in [0.1, 0.15) is 0 Å². The molecule has 0 aromatic heterocycles. The lowest BCUT2D eigenvalue weighted by Crippen LogP contribution is -2.05. The van der Waals surface area contributed by atoms with Crippen LogP contribution >= 0.6 is 0 Å². The van der Waals surface area contributed by atoms with Crippen LogP contribution in [0.3, 0.4) is 0 Å². The van der Waals surface area contributed by atoms with Gasteiger partial charge in [-0.2, -0.15) is 0 Å². The van der Waals surface area contributed by atoms with Gasteiger partial charge in [-0.05, 0) is 25.0 Å². The van der Waals surface area contributed by atoms with Gasteiger partial charge < -0.3 is 5.32 Å². The molecule has 1 N–H and O–H groups in total. The van der Waals surface area contributed by atoms with Gasteiger partial charge >= 0.3 is 6.03 Å². The minimum atomic E-state index is -0.308. The van der Waals surface area contributed by atoms with Gasteiger partial charge in [0, 0.05) is 11.9 Å². The van der Waals surface area contributed by atoms with Gasteiger partial charge in [-0.1, -0.05) is 31.5 Å². The minimum absolute atomic E-state index is 0.308. The van der Waals surface area contributed by atoms with Crippen LogP contribution in [0.1, 0.15) is 26.2 Å². The van der Waals surface area contributed by atoms with Crippen molar-refractivity contribution in [1.29, 1.82) is 0 Å². The molecule has 3 nitrogen and oxygen atoms in total. The fourth-order valence-electron chi connectivity index (χ4n) is 1.12. The quantitative estimate of drug-likeness (QED) is 0.592. The molecule has 0 atom stereocenters. The number of hydrogen-bond acceptors (Lipinski definition) is 1. The number of rotatable bonds is 4. The van der Waals surface area contributed by atoms with Gasteiger partial charge in [0.15, 0.2) is 0 Å². The number of carbonyl (C=O) groups is 1. The van der Waals surface area contributed by atoms with Crippen LogP contribution in [0.5, 0.6) is 0 Å². The first-order valence-corrected chi connectivity index (χ1v) is 5.21. The van der Waals surface area contributed by atoms with Gasteiger partial charge in [0.2, 0.25) is 0 Å². The molecule has 0 radical (unpaired) electrons. The molecule has 0 saturated heterocycles. The van der Waals surface area contributed by atoms with E-state index in [4.69, 9.17) is 0 Å². The Balaban J connectivity index is 2.33. The summed E-state index contributed by atoms with van der Waals surface area (Å²) in [6.07, 6.45) is 4.72. The van der Waals surface area contributed by atoms with Gasteiger partial charge in [-0.15, -0.1) is 0 Å². The molecule has 0 saturated carbocycles. The number of amides is 2. The lowest BCUT2D eigenvalue weighted by atomic mass is 10.3. The lowest BCUT2D eigenvalue weighted by Gasteiger charge is -1.99. The van der Waals surface area contributed by atoms with Crippen molar-refractivity contribution < 1.29 is 4.79 Å². The Morgan fingerprint density at radius 3 is 2.80 bits per heavy atom. The molecular weight excluding hydrogens is 188 g/mol. The van der Waals surface area contributed by atoms with Crippen molar-refractivity contribution >= 4 is 17.9 Å². The molecule has 1 aromatic rings. The molecule has 1 rings (SSSR count). The van der Waals surface area contributed by atoms with Gasteiger partial charge in [-0.25, -0.2) is 9.79 Å². The maximum Gasteiger partial charge on any atom is 0.345 e. The van der Waals surface area contributed by atoms with E-state index in [1.165, 1.54) is 0 Å². The van der Waals surface area contributed by atoms with E-state index in [1.807, 2.05) is 30.3 Å². The maximum absolute atomic E-state index is 11.3. The average molecular weight is 204 g/mol. The van der Waals surface area contributed by atoms with E-state index in [9.17, 15) is 4.79 Å². The number of unbranched alkanes of at least 4 members (excludes halogenated alkanes) is 2. The molecule has 1 aromatic carbocycles. The van der Waals surface area contributed by atoms with E-state index in [0.29, 0.717) is 0 Å². The molecule has 0 heterocycles. The van der Waals surface area contributed by atoms with Crippen molar-refractivity contribution in [2.24, 2.45) is 4.99 Å². The number of carbonyl (C=O) groups excluding carboxylic acids is 1. The fraction of sp³-hybridized carbons (Fsp3) is 0.333. The Morgan fingerprint density at radius 1 is 1.40 bits per heavy atom. The number of nitrogens with one attached hydrogen (secondary N) is 1. The SMILES string of the molecule is CCCCC=NC(=O)Nc1ccccc1. The zero-order valence-electron chi connectivity index (χ0n) is 8.94. The molecule has 15 heavy (non-hydrogen) atoms. The third-order valence-corrected chi connectivity index (χ3v) is 1.92. The number of anilines is 1. The topological polar surface area (TPSA) is 41.5 Å². The number of benzene rings is 1. The number of hydrogen-bond donors (Lipinski definition) is 1. The summed E-state index contributed by atoms with van der Waals surface area (Å²) in [4.78, 5) is 15.0. The first kappa shape index (κ1) is 11.4. The zero-order valence-corrected chi connectivity index (χ0v) is 8.94. The molecule has 0 aliphatic rings. The van der Waals surface area contributed by atoms with Gasteiger partial charge in [0.05, 0.1) is 0 Å². The standard InChI is InChI=1S/C12H16N2O/c1-2-3-7-10-13-12(15)14-11-8-5-4-6-9-11/h4-6,8-10H,2-3,7H2,1H3,(H,14,15). The first-order valence-electron chi connectivity index (χ1n) is 5.21. The van der Waals surface area contributed by atoms with Crippen LogP contribution in [0.15, 0.2) is 35.3 Å². The normalized spacial score (nSPS) is 10.5. The second kappa shape index (κ2) is 6.76. The number of para-hydroxylation sites is 1. The number of aliphatic imine (C=N–C) groups is 1. The molecule has 0 unspecified atom stereocenters. The molecule has 80 valence electrons. The predicted molar refractivity (Wildman–Crippen MR) is 63.5 cm³/mol. The van der Waals surface area contributed by atoms with E-state index in [2.05, 4.69) is 17.2 Å². The Labute approximate surface area is 90.2 Å². The highest BCUT2D eigenvalue weighted by molar-refractivity contribution is 5.94. The highest BCUT2D eigenvalue weighted by Crippen LogP contribution is 2.04. The molecule has 0 aliphatic heterocycles. The minimum Gasteiger partial charge on any atom is -0.306 e. The monoisotopic (exact) mass is 204 g/mol. The van der Waals surface area contributed by atoms with Crippen LogP contribution in [0.2, 0.25) is 0 Å². The van der Waals surface area contributed by atoms with Crippen LogP contribution in [-0.2, 0) is 0 Å². The summed E-state index contributed by atoms with van der Waals surface area (Å²) in [5, 5.41) is 2.68. The van der Waals surface area contributed by atoms with Crippen LogP contribution in [0.25, 0.3) is 0 Å². The van der Waals surface area contributed by atoms with Crippen molar-refractivity contribution in [3.63, 3.8) is 0 Å². The molecule has 3 heteroatoms. The zero-order chi connectivity index (χ0) is 10.9. The maximum atomic E-state index is 11.3. The smallest absolute Gasteiger partial charge is 0.306 e. The molecule has 0 aliphatic carbocycles. The van der Waals surface area contributed by atoms with Crippen molar-refractivity contribution in [3.8, 4) is 0 Å². The Morgan fingerprint density at radius 2 is 2.13 bits per heavy atom. The summed E-state index contributed by atoms with van der Waals surface area (Å²) in [5.41, 5.74) is 0.773. The third-order valence-electron chi connectivity index (χ3n) is 1.92. The van der Waals surface area contributed by atoms with E-state index in [0.717, 1.165) is 24.9 Å². The Bertz CT molecular complexity index is 320. The van der Waals surface area contributed by atoms with Crippen LogP contribution in [0, 0.1) is 0 Å². The first-order chi connectivity index (χ1) is 7.33. The molecule has 2 amide bonds. The molecule has 0 fully saturated rings. The van der Waals surface area contributed by atoms with E-state index in [-0.39, 0.29) is 6.03 Å². The molecular formula is C12H16N2O. The predicted octanol–water partition coefficient (Wildman–Crippen LogP) is 3.48. The highest BCUT2D eigenvalue weighted by Gasteiger charge is 1.96. The largest absolute Gasteiger partial charge is 0.345 e. The number of nitrogens with zero attached hydrogens (tertiary/aromatic N) is 1. The Hall–Kier alpha value is -1.64. The molecule has 0 spiro atoms. The highest BCUT2D eigenvalue weighted by atomic mass is 16.2. The fourth-order valence-corrected chi connectivity index (χ4v) is 1.12. The second-order valence-corrected chi connectivity index (χ2v) is 3.25. The number of urea groups is 1. The summed E-state index contributed by atoms with van der Waals surface area (Å²) in [5.74, 6) is 0. The molecule has 0 bridgehead atoms. The van der Waals surface area contributed by atoms with Gasteiger partial charge in [-0.3, -0.25) is 0 Å². The van der Waals surface area contributed by atoms with Gasteiger partial charge in [0.25, 0.3) is 0 Å².